The van der Waals surface area contributed by atoms with Gasteiger partial charge in [-0.1, -0.05) is 82.0 Å². The fourth-order valence-electron chi connectivity index (χ4n) is 3.46. The highest BCUT2D eigenvalue weighted by atomic mass is 14.1. The fourth-order valence-corrected chi connectivity index (χ4v) is 3.46. The summed E-state index contributed by atoms with van der Waals surface area (Å²) in [6.07, 6.45) is 6.51. The van der Waals surface area contributed by atoms with Crippen molar-refractivity contribution in [2.24, 2.45) is 5.92 Å². The average Bonchev–Trinajstić information content (AvgIpc) is 2.57. The van der Waals surface area contributed by atoms with Gasteiger partial charge in [0, 0.05) is 0 Å². The molecule has 0 aliphatic heterocycles. The molecule has 3 rings (SSSR count). The molecule has 0 aromatic heterocycles. The number of unbranched alkanes of at least 4 members (excludes halogenated alkanes) is 1. The largest absolute Gasteiger partial charge is 0.0654 e. The lowest BCUT2D eigenvalue weighted by molar-refractivity contribution is 0.450. The van der Waals surface area contributed by atoms with Crippen LogP contribution in [0, 0.1) is 5.92 Å². The number of fused-ring (bicyclic) bond motifs is 2. The molecular formula is C22H26. The lowest BCUT2D eigenvalue weighted by Crippen LogP contribution is -2.03. The van der Waals surface area contributed by atoms with Gasteiger partial charge in [0.15, 0.2) is 0 Å². The molecule has 0 saturated carbocycles. The van der Waals surface area contributed by atoms with Crippen LogP contribution < -0.4 is 0 Å². The van der Waals surface area contributed by atoms with E-state index < -0.39 is 0 Å². The molecule has 0 aliphatic carbocycles. The number of rotatable bonds is 6. The lowest BCUT2D eigenvalue weighted by atomic mass is 9.89. The summed E-state index contributed by atoms with van der Waals surface area (Å²) < 4.78 is 0. The van der Waals surface area contributed by atoms with E-state index in [1.807, 2.05) is 0 Å². The van der Waals surface area contributed by atoms with E-state index in [-0.39, 0.29) is 0 Å². The molecule has 0 radical (unpaired) electrons. The van der Waals surface area contributed by atoms with E-state index in [0.29, 0.717) is 0 Å². The van der Waals surface area contributed by atoms with Crippen molar-refractivity contribution in [3.63, 3.8) is 0 Å². The Hall–Kier alpha value is -1.82. The van der Waals surface area contributed by atoms with Gasteiger partial charge in [-0.2, -0.15) is 0 Å². The summed E-state index contributed by atoms with van der Waals surface area (Å²) in [7, 11) is 0. The number of hydrogen-bond donors (Lipinski definition) is 0. The average molecular weight is 290 g/mol. The van der Waals surface area contributed by atoms with Crippen LogP contribution >= 0.6 is 0 Å². The van der Waals surface area contributed by atoms with Crippen molar-refractivity contribution in [2.75, 3.05) is 0 Å². The Balaban J connectivity index is 2.00. The maximum atomic E-state index is 2.38. The highest BCUT2D eigenvalue weighted by molar-refractivity contribution is 5.99. The standard InChI is InChI=1S/C22H26/c1-3-5-9-17(4-2)14-20-12-8-13-21-15-18-10-6-7-11-19(18)16-22(20)21/h6-8,10-13,15-17H,3-5,9,14H2,1-2H3. The molecule has 0 N–H and O–H groups in total. The smallest absolute Gasteiger partial charge is 0.0145 e. The summed E-state index contributed by atoms with van der Waals surface area (Å²) >= 11 is 0. The SMILES string of the molecule is CCCCC(CC)Cc1cccc2cc3ccccc3cc12. The summed E-state index contributed by atoms with van der Waals surface area (Å²) in [5.74, 6) is 0.817. The summed E-state index contributed by atoms with van der Waals surface area (Å²) in [4.78, 5) is 0. The number of hydrogen-bond acceptors (Lipinski definition) is 0. The minimum Gasteiger partial charge on any atom is -0.0654 e. The Kier molecular flexibility index (Phi) is 4.77. The second-order valence-corrected chi connectivity index (χ2v) is 6.46. The van der Waals surface area contributed by atoms with Gasteiger partial charge in [0.25, 0.3) is 0 Å². The van der Waals surface area contributed by atoms with Crippen LogP contribution in [0.3, 0.4) is 0 Å². The van der Waals surface area contributed by atoms with Gasteiger partial charge >= 0.3 is 0 Å². The van der Waals surface area contributed by atoms with Crippen molar-refractivity contribution in [2.45, 2.75) is 46.0 Å². The Morgan fingerprint density at radius 1 is 0.818 bits per heavy atom. The van der Waals surface area contributed by atoms with E-state index in [9.17, 15) is 0 Å². The molecule has 0 bridgehead atoms. The van der Waals surface area contributed by atoms with Gasteiger partial charge in [-0.25, -0.2) is 0 Å². The van der Waals surface area contributed by atoms with Gasteiger partial charge < -0.3 is 0 Å². The second kappa shape index (κ2) is 6.96. The van der Waals surface area contributed by atoms with Gasteiger partial charge in [0.1, 0.15) is 0 Å². The topological polar surface area (TPSA) is 0 Å². The maximum Gasteiger partial charge on any atom is -0.0145 e. The molecule has 0 aliphatic rings. The molecule has 3 aromatic carbocycles. The quantitative estimate of drug-likeness (QED) is 0.440. The van der Waals surface area contributed by atoms with Gasteiger partial charge in [-0.3, -0.25) is 0 Å². The van der Waals surface area contributed by atoms with E-state index in [4.69, 9.17) is 0 Å². The van der Waals surface area contributed by atoms with Crippen molar-refractivity contribution in [1.29, 1.82) is 0 Å². The van der Waals surface area contributed by atoms with E-state index in [1.165, 1.54) is 59.2 Å². The van der Waals surface area contributed by atoms with E-state index in [1.54, 1.807) is 0 Å². The van der Waals surface area contributed by atoms with Gasteiger partial charge in [-0.15, -0.1) is 0 Å². The summed E-state index contributed by atoms with van der Waals surface area (Å²) in [5, 5.41) is 5.51. The highest BCUT2D eigenvalue weighted by Gasteiger charge is 2.10. The molecule has 1 atom stereocenters. The third-order valence-electron chi connectivity index (χ3n) is 4.89. The third-order valence-corrected chi connectivity index (χ3v) is 4.89. The lowest BCUT2D eigenvalue weighted by Gasteiger charge is -2.16. The van der Waals surface area contributed by atoms with Crippen LogP contribution in [0.1, 0.15) is 45.1 Å². The third kappa shape index (κ3) is 3.16. The molecule has 22 heavy (non-hydrogen) atoms. The van der Waals surface area contributed by atoms with Crippen LogP contribution in [0.25, 0.3) is 21.5 Å². The number of benzene rings is 3. The van der Waals surface area contributed by atoms with Crippen molar-refractivity contribution in [3.8, 4) is 0 Å². The van der Waals surface area contributed by atoms with Crippen molar-refractivity contribution >= 4 is 21.5 Å². The van der Waals surface area contributed by atoms with Crippen LogP contribution in [0.2, 0.25) is 0 Å². The molecule has 114 valence electrons. The van der Waals surface area contributed by atoms with Gasteiger partial charge in [0.2, 0.25) is 0 Å². The van der Waals surface area contributed by atoms with Crippen molar-refractivity contribution in [3.05, 3.63) is 60.2 Å². The molecule has 3 aromatic rings. The predicted molar refractivity (Wildman–Crippen MR) is 98.5 cm³/mol. The van der Waals surface area contributed by atoms with Crippen LogP contribution in [0.4, 0.5) is 0 Å². The first-order valence-electron chi connectivity index (χ1n) is 8.72. The highest BCUT2D eigenvalue weighted by Crippen LogP contribution is 2.28. The predicted octanol–water partition coefficient (Wildman–Crippen LogP) is 6.75. The molecular weight excluding hydrogens is 264 g/mol. The van der Waals surface area contributed by atoms with Crippen LogP contribution in [-0.2, 0) is 6.42 Å². The monoisotopic (exact) mass is 290 g/mol. The zero-order valence-corrected chi connectivity index (χ0v) is 13.8. The molecule has 0 fully saturated rings. The minimum atomic E-state index is 0.817. The molecule has 0 spiro atoms. The summed E-state index contributed by atoms with van der Waals surface area (Å²) in [6, 6.07) is 20.2. The Morgan fingerprint density at radius 3 is 2.27 bits per heavy atom. The van der Waals surface area contributed by atoms with Crippen LogP contribution in [0.15, 0.2) is 54.6 Å². The molecule has 1 unspecified atom stereocenters. The Labute approximate surface area is 134 Å². The first-order chi connectivity index (χ1) is 10.8. The fraction of sp³-hybridized carbons (Fsp3) is 0.364. The molecule has 0 nitrogen and oxygen atoms in total. The molecule has 0 heterocycles. The van der Waals surface area contributed by atoms with Crippen LogP contribution in [-0.4, -0.2) is 0 Å². The second-order valence-electron chi connectivity index (χ2n) is 6.46. The first-order valence-corrected chi connectivity index (χ1v) is 8.72. The van der Waals surface area contributed by atoms with Gasteiger partial charge in [0.05, 0.1) is 0 Å². The molecule has 0 amide bonds. The summed E-state index contributed by atoms with van der Waals surface area (Å²) in [5.41, 5.74) is 1.52. The first kappa shape index (κ1) is 15.1. The minimum absolute atomic E-state index is 0.817. The maximum absolute atomic E-state index is 2.38. The van der Waals surface area contributed by atoms with Crippen LogP contribution in [0.5, 0.6) is 0 Å². The van der Waals surface area contributed by atoms with Crippen molar-refractivity contribution in [1.82, 2.24) is 0 Å². The zero-order chi connectivity index (χ0) is 15.4. The zero-order valence-electron chi connectivity index (χ0n) is 13.8. The van der Waals surface area contributed by atoms with E-state index >= 15 is 0 Å². The molecule has 0 saturated heterocycles. The summed E-state index contributed by atoms with van der Waals surface area (Å²) in [6.45, 7) is 4.62. The molecule has 0 heteroatoms. The Morgan fingerprint density at radius 2 is 1.55 bits per heavy atom. The Bertz CT molecular complexity index is 754. The van der Waals surface area contributed by atoms with Crippen molar-refractivity contribution < 1.29 is 0 Å². The van der Waals surface area contributed by atoms with Gasteiger partial charge in [-0.05, 0) is 51.6 Å². The van der Waals surface area contributed by atoms with E-state index in [2.05, 4.69) is 68.4 Å². The normalized spacial score (nSPS) is 12.8. The van der Waals surface area contributed by atoms with E-state index in [0.717, 1.165) is 5.92 Å².